The van der Waals surface area contributed by atoms with Crippen LogP contribution in [0.1, 0.15) is 36.3 Å². The van der Waals surface area contributed by atoms with Crippen molar-refractivity contribution in [1.29, 1.82) is 0 Å². The van der Waals surface area contributed by atoms with Gasteiger partial charge in [0.25, 0.3) is 0 Å². The monoisotopic (exact) mass is 301 g/mol. The highest BCUT2D eigenvalue weighted by atomic mass is 16.5. The van der Waals surface area contributed by atoms with Gasteiger partial charge in [-0.3, -0.25) is 0 Å². The zero-order valence-corrected chi connectivity index (χ0v) is 12.8. The van der Waals surface area contributed by atoms with E-state index in [1.54, 1.807) is 31.2 Å². The number of benzene rings is 1. The number of anilines is 1. The molecule has 1 unspecified atom stereocenters. The predicted molar refractivity (Wildman–Crippen MR) is 84.0 cm³/mol. The van der Waals surface area contributed by atoms with Gasteiger partial charge in [-0.1, -0.05) is 6.92 Å². The molecule has 1 atom stereocenters. The van der Waals surface area contributed by atoms with Crippen LogP contribution in [0.4, 0.5) is 5.95 Å². The van der Waals surface area contributed by atoms with Crippen LogP contribution in [0.2, 0.25) is 0 Å². The van der Waals surface area contributed by atoms with Crippen LogP contribution in [0.15, 0.2) is 24.3 Å². The normalized spacial score (nSPS) is 12.0. The van der Waals surface area contributed by atoms with Crippen molar-refractivity contribution in [3.8, 4) is 17.0 Å². The first kappa shape index (κ1) is 15.8. The number of carbonyl (C=O) groups is 1. The molecule has 2 rings (SSSR count). The minimum absolute atomic E-state index is 0.0532. The SMILES string of the molecule is CCC(C)Oc1ccc(-c2nc(N)nc(C)c2C(=O)O)cc1. The van der Waals surface area contributed by atoms with E-state index >= 15 is 0 Å². The summed E-state index contributed by atoms with van der Waals surface area (Å²) in [5, 5.41) is 9.36. The first-order valence-corrected chi connectivity index (χ1v) is 7.06. The molecule has 6 heteroatoms. The molecule has 116 valence electrons. The van der Waals surface area contributed by atoms with Gasteiger partial charge in [0.15, 0.2) is 0 Å². The Morgan fingerprint density at radius 3 is 2.50 bits per heavy atom. The van der Waals surface area contributed by atoms with Crippen molar-refractivity contribution >= 4 is 11.9 Å². The van der Waals surface area contributed by atoms with E-state index in [0.29, 0.717) is 17.0 Å². The number of hydrogen-bond donors (Lipinski definition) is 2. The van der Waals surface area contributed by atoms with Gasteiger partial charge in [-0.05, 0) is 44.5 Å². The number of nitrogens with zero attached hydrogens (tertiary/aromatic N) is 2. The summed E-state index contributed by atoms with van der Waals surface area (Å²) < 4.78 is 5.71. The molecule has 0 saturated heterocycles. The lowest BCUT2D eigenvalue weighted by atomic mass is 10.0. The van der Waals surface area contributed by atoms with E-state index in [-0.39, 0.29) is 17.6 Å². The highest BCUT2D eigenvalue weighted by molar-refractivity contribution is 5.96. The van der Waals surface area contributed by atoms with Gasteiger partial charge in [0.05, 0.1) is 17.5 Å². The van der Waals surface area contributed by atoms with Gasteiger partial charge in [-0.25, -0.2) is 14.8 Å². The summed E-state index contributed by atoms with van der Waals surface area (Å²) in [5.41, 5.74) is 7.01. The summed E-state index contributed by atoms with van der Waals surface area (Å²) in [6.45, 7) is 5.64. The second-order valence-electron chi connectivity index (χ2n) is 5.06. The molecular formula is C16H19N3O3. The maximum absolute atomic E-state index is 11.4. The van der Waals surface area contributed by atoms with Gasteiger partial charge in [-0.2, -0.15) is 0 Å². The minimum Gasteiger partial charge on any atom is -0.491 e. The number of nitrogen functional groups attached to an aromatic ring is 1. The summed E-state index contributed by atoms with van der Waals surface area (Å²) >= 11 is 0. The molecule has 6 nitrogen and oxygen atoms in total. The van der Waals surface area contributed by atoms with Crippen LogP contribution >= 0.6 is 0 Å². The van der Waals surface area contributed by atoms with Crippen LogP contribution in [-0.2, 0) is 0 Å². The smallest absolute Gasteiger partial charge is 0.339 e. The van der Waals surface area contributed by atoms with Crippen molar-refractivity contribution in [2.45, 2.75) is 33.3 Å². The number of nitrogens with two attached hydrogens (primary N) is 1. The molecular weight excluding hydrogens is 282 g/mol. The molecule has 1 aromatic carbocycles. The van der Waals surface area contributed by atoms with Crippen molar-refractivity contribution in [1.82, 2.24) is 9.97 Å². The Morgan fingerprint density at radius 1 is 1.32 bits per heavy atom. The fraction of sp³-hybridized carbons (Fsp3) is 0.312. The third-order valence-electron chi connectivity index (χ3n) is 3.36. The van der Waals surface area contributed by atoms with Crippen LogP contribution < -0.4 is 10.5 Å². The zero-order chi connectivity index (χ0) is 16.3. The largest absolute Gasteiger partial charge is 0.491 e. The Bertz CT molecular complexity index is 684. The summed E-state index contributed by atoms with van der Waals surface area (Å²) in [4.78, 5) is 19.4. The topological polar surface area (TPSA) is 98.3 Å². The van der Waals surface area contributed by atoms with Gasteiger partial charge in [0, 0.05) is 5.56 Å². The lowest BCUT2D eigenvalue weighted by molar-refractivity contribution is 0.0696. The lowest BCUT2D eigenvalue weighted by Crippen LogP contribution is -2.10. The van der Waals surface area contributed by atoms with E-state index < -0.39 is 5.97 Å². The fourth-order valence-electron chi connectivity index (χ4n) is 2.07. The molecule has 0 radical (unpaired) electrons. The molecule has 0 amide bonds. The van der Waals surface area contributed by atoms with Crippen molar-refractivity contribution < 1.29 is 14.6 Å². The van der Waals surface area contributed by atoms with E-state index in [1.165, 1.54) is 0 Å². The fourth-order valence-corrected chi connectivity index (χ4v) is 2.07. The molecule has 1 heterocycles. The number of ether oxygens (including phenoxy) is 1. The summed E-state index contributed by atoms with van der Waals surface area (Å²) in [6, 6.07) is 7.12. The lowest BCUT2D eigenvalue weighted by Gasteiger charge is -2.13. The number of aryl methyl sites for hydroxylation is 1. The van der Waals surface area contributed by atoms with Crippen molar-refractivity contribution in [3.63, 3.8) is 0 Å². The van der Waals surface area contributed by atoms with Crippen LogP contribution in [0.25, 0.3) is 11.3 Å². The molecule has 22 heavy (non-hydrogen) atoms. The molecule has 0 spiro atoms. The van der Waals surface area contributed by atoms with Gasteiger partial charge in [0.2, 0.25) is 5.95 Å². The molecule has 0 saturated carbocycles. The maximum atomic E-state index is 11.4. The van der Waals surface area contributed by atoms with Gasteiger partial charge >= 0.3 is 5.97 Å². The second kappa shape index (κ2) is 6.43. The maximum Gasteiger partial charge on any atom is 0.339 e. The minimum atomic E-state index is -1.08. The molecule has 0 bridgehead atoms. The molecule has 0 fully saturated rings. The molecule has 2 aromatic rings. The zero-order valence-electron chi connectivity index (χ0n) is 12.8. The molecule has 0 aliphatic rings. The number of aromatic carboxylic acids is 1. The Kier molecular flexibility index (Phi) is 4.60. The highest BCUT2D eigenvalue weighted by Crippen LogP contribution is 2.26. The van der Waals surface area contributed by atoms with E-state index in [9.17, 15) is 9.90 Å². The Labute approximate surface area is 129 Å². The third kappa shape index (κ3) is 3.33. The summed E-state index contributed by atoms with van der Waals surface area (Å²) in [7, 11) is 0. The number of hydrogen-bond acceptors (Lipinski definition) is 5. The number of carboxylic acid groups (broad SMARTS) is 1. The van der Waals surface area contributed by atoms with Crippen molar-refractivity contribution in [2.24, 2.45) is 0 Å². The number of aromatic nitrogens is 2. The Hall–Kier alpha value is -2.63. The standard InChI is InChI=1S/C16H19N3O3/c1-4-9(2)22-12-7-5-11(6-8-12)14-13(15(20)21)10(3)18-16(17)19-14/h5-9H,4H2,1-3H3,(H,20,21)(H2,17,18,19). The summed E-state index contributed by atoms with van der Waals surface area (Å²) in [6.07, 6.45) is 1.03. The summed E-state index contributed by atoms with van der Waals surface area (Å²) in [5.74, 6) is -0.293. The Morgan fingerprint density at radius 2 is 1.95 bits per heavy atom. The molecule has 3 N–H and O–H groups in total. The van der Waals surface area contributed by atoms with Crippen LogP contribution in [0.5, 0.6) is 5.75 Å². The van der Waals surface area contributed by atoms with Crippen LogP contribution in [-0.4, -0.2) is 27.1 Å². The average molecular weight is 301 g/mol. The average Bonchev–Trinajstić information content (AvgIpc) is 2.46. The quantitative estimate of drug-likeness (QED) is 0.881. The van der Waals surface area contributed by atoms with Gasteiger partial charge in [-0.15, -0.1) is 0 Å². The first-order chi connectivity index (χ1) is 10.4. The van der Waals surface area contributed by atoms with Gasteiger partial charge < -0.3 is 15.6 Å². The molecule has 0 aliphatic heterocycles. The number of carboxylic acids is 1. The third-order valence-corrected chi connectivity index (χ3v) is 3.36. The van der Waals surface area contributed by atoms with E-state index in [1.807, 2.05) is 13.8 Å². The van der Waals surface area contributed by atoms with Gasteiger partial charge in [0.1, 0.15) is 11.3 Å². The van der Waals surface area contributed by atoms with Crippen LogP contribution in [0, 0.1) is 6.92 Å². The van der Waals surface area contributed by atoms with Crippen molar-refractivity contribution in [3.05, 3.63) is 35.5 Å². The van der Waals surface area contributed by atoms with E-state index in [4.69, 9.17) is 10.5 Å². The first-order valence-electron chi connectivity index (χ1n) is 7.06. The number of rotatable bonds is 5. The molecule has 0 aliphatic carbocycles. The highest BCUT2D eigenvalue weighted by Gasteiger charge is 2.18. The molecule has 1 aromatic heterocycles. The Balaban J connectivity index is 2.42. The van der Waals surface area contributed by atoms with Crippen LogP contribution in [0.3, 0.4) is 0 Å². The van der Waals surface area contributed by atoms with E-state index in [2.05, 4.69) is 9.97 Å². The van der Waals surface area contributed by atoms with E-state index in [0.717, 1.165) is 12.2 Å². The predicted octanol–water partition coefficient (Wildman–Crippen LogP) is 2.91. The van der Waals surface area contributed by atoms with Crippen molar-refractivity contribution in [2.75, 3.05) is 5.73 Å². The second-order valence-corrected chi connectivity index (χ2v) is 5.06.